The topological polar surface area (TPSA) is 84.3 Å². The number of benzene rings is 1. The van der Waals surface area contributed by atoms with Crippen LogP contribution in [0.2, 0.25) is 0 Å². The maximum absolute atomic E-state index is 13.4. The summed E-state index contributed by atoms with van der Waals surface area (Å²) in [7, 11) is 0. The molecule has 2 aromatic heterocycles. The molecule has 1 saturated heterocycles. The zero-order valence-corrected chi connectivity index (χ0v) is 19.9. The van der Waals surface area contributed by atoms with E-state index >= 15 is 0 Å². The van der Waals surface area contributed by atoms with Gasteiger partial charge in [0.1, 0.15) is 11.1 Å². The van der Waals surface area contributed by atoms with E-state index in [1.807, 2.05) is 54.3 Å². The lowest BCUT2D eigenvalue weighted by atomic mass is 10.1. The maximum atomic E-state index is 13.4. The van der Waals surface area contributed by atoms with Crippen molar-refractivity contribution in [2.24, 2.45) is 5.92 Å². The summed E-state index contributed by atoms with van der Waals surface area (Å²) in [6, 6.07) is 13.8. The molecule has 1 N–H and O–H groups in total. The molecule has 2 bridgehead atoms. The van der Waals surface area contributed by atoms with Gasteiger partial charge < -0.3 is 14.8 Å². The summed E-state index contributed by atoms with van der Waals surface area (Å²) < 4.78 is 1.78. The van der Waals surface area contributed by atoms with E-state index in [-0.39, 0.29) is 23.1 Å². The van der Waals surface area contributed by atoms with Gasteiger partial charge in [-0.3, -0.25) is 19.4 Å². The predicted molar refractivity (Wildman–Crippen MR) is 133 cm³/mol. The minimum Gasteiger partial charge on any atom is -0.352 e. The highest BCUT2D eigenvalue weighted by atomic mass is 16.2. The van der Waals surface area contributed by atoms with Gasteiger partial charge in [0.2, 0.25) is 5.43 Å². The van der Waals surface area contributed by atoms with Crippen molar-refractivity contribution >= 4 is 11.8 Å². The second-order valence-electron chi connectivity index (χ2n) is 9.68. The van der Waals surface area contributed by atoms with Crippen LogP contribution in [0.4, 0.5) is 0 Å². The number of amides is 2. The van der Waals surface area contributed by atoms with E-state index < -0.39 is 11.3 Å². The normalized spacial score (nSPS) is 18.6. The third-order valence-electron chi connectivity index (χ3n) is 7.15. The molecule has 1 aliphatic heterocycles. The van der Waals surface area contributed by atoms with Crippen molar-refractivity contribution in [3.8, 4) is 0 Å². The highest BCUT2D eigenvalue weighted by molar-refractivity contribution is 5.99. The number of carbonyl (C=O) groups is 2. The number of likely N-dealkylation sites (tertiary alicyclic amines) is 1. The van der Waals surface area contributed by atoms with Crippen LogP contribution in [0, 0.1) is 12.8 Å². The van der Waals surface area contributed by atoms with Gasteiger partial charge in [0.05, 0.1) is 0 Å². The van der Waals surface area contributed by atoms with Crippen LogP contribution in [0.5, 0.6) is 0 Å². The Morgan fingerprint density at radius 2 is 1.86 bits per heavy atom. The number of fused-ring (bicyclic) bond motifs is 2. The lowest BCUT2D eigenvalue weighted by Gasteiger charge is -2.27. The average Bonchev–Trinajstić information content (AvgIpc) is 3.52. The van der Waals surface area contributed by atoms with Crippen molar-refractivity contribution < 1.29 is 9.59 Å². The molecular formula is C28H30N4O3. The van der Waals surface area contributed by atoms with Crippen LogP contribution in [-0.4, -0.2) is 38.9 Å². The van der Waals surface area contributed by atoms with Gasteiger partial charge in [0, 0.05) is 56.4 Å². The zero-order valence-electron chi connectivity index (χ0n) is 19.9. The molecule has 7 heteroatoms. The van der Waals surface area contributed by atoms with Gasteiger partial charge in [-0.25, -0.2) is 0 Å². The highest BCUT2D eigenvalue weighted by Gasteiger charge is 2.41. The van der Waals surface area contributed by atoms with Gasteiger partial charge in [-0.1, -0.05) is 35.9 Å². The number of hydrogen-bond acceptors (Lipinski definition) is 4. The van der Waals surface area contributed by atoms with Crippen molar-refractivity contribution in [2.45, 2.75) is 51.7 Å². The molecule has 0 spiro atoms. The first-order valence-electron chi connectivity index (χ1n) is 12.3. The SMILES string of the molecule is Cc1ccc(CNC(=O)c2cn(CCc3ccccn3)cc(C(=O)N3C[C@@H]4CC[C@H]3C4)c2=O)cc1. The van der Waals surface area contributed by atoms with Crippen LogP contribution in [-0.2, 0) is 19.5 Å². The number of nitrogens with one attached hydrogen (secondary N) is 1. The summed E-state index contributed by atoms with van der Waals surface area (Å²) >= 11 is 0. The van der Waals surface area contributed by atoms with E-state index in [2.05, 4.69) is 10.3 Å². The first kappa shape index (κ1) is 23.0. The van der Waals surface area contributed by atoms with Crippen LogP contribution < -0.4 is 10.7 Å². The smallest absolute Gasteiger partial charge is 0.259 e. The maximum Gasteiger partial charge on any atom is 0.259 e. The molecule has 2 amide bonds. The minimum absolute atomic E-state index is 0.00617. The van der Waals surface area contributed by atoms with Crippen molar-refractivity contribution in [1.82, 2.24) is 19.8 Å². The Bertz CT molecular complexity index is 1280. The van der Waals surface area contributed by atoms with Gasteiger partial charge >= 0.3 is 0 Å². The van der Waals surface area contributed by atoms with Crippen LogP contribution in [0.1, 0.15) is 56.8 Å². The Morgan fingerprint density at radius 1 is 1.06 bits per heavy atom. The molecule has 35 heavy (non-hydrogen) atoms. The standard InChI is InChI=1S/C28H30N4O3/c1-19-5-7-20(8-6-19)15-30-27(34)24-17-31(13-11-22-4-2-3-12-29-22)18-25(26(24)33)28(35)32-16-21-9-10-23(32)14-21/h2-8,12,17-18,21,23H,9-11,13-16H2,1H3,(H,30,34)/t21-,23+/m1/s1. The first-order valence-corrected chi connectivity index (χ1v) is 12.3. The Kier molecular flexibility index (Phi) is 6.49. The Labute approximate surface area is 204 Å². The number of carbonyl (C=O) groups excluding carboxylic acids is 2. The van der Waals surface area contributed by atoms with Crippen molar-refractivity contribution in [2.75, 3.05) is 6.54 Å². The lowest BCUT2D eigenvalue weighted by molar-refractivity contribution is 0.0701. The number of aromatic nitrogens is 2. The number of piperidine rings is 1. The molecule has 1 aromatic carbocycles. The predicted octanol–water partition coefficient (Wildman–Crippen LogP) is 3.35. The van der Waals surface area contributed by atoms with Crippen molar-refractivity contribution in [1.29, 1.82) is 0 Å². The van der Waals surface area contributed by atoms with E-state index in [4.69, 9.17) is 0 Å². The summed E-state index contributed by atoms with van der Waals surface area (Å²) in [5, 5.41) is 2.85. The number of hydrogen-bond donors (Lipinski definition) is 1. The number of pyridine rings is 2. The first-order chi connectivity index (χ1) is 17.0. The number of aryl methyl sites for hydroxylation is 3. The molecule has 3 heterocycles. The Hall–Kier alpha value is -3.74. The van der Waals surface area contributed by atoms with E-state index in [0.717, 1.165) is 36.1 Å². The molecule has 180 valence electrons. The van der Waals surface area contributed by atoms with Gasteiger partial charge in [-0.05, 0) is 49.8 Å². The molecule has 5 rings (SSSR count). The quantitative estimate of drug-likeness (QED) is 0.574. The fourth-order valence-corrected chi connectivity index (χ4v) is 5.18. The fourth-order valence-electron chi connectivity index (χ4n) is 5.18. The third kappa shape index (κ3) is 5.04. The molecule has 3 aromatic rings. The van der Waals surface area contributed by atoms with Gasteiger partial charge in [0.15, 0.2) is 0 Å². The van der Waals surface area contributed by atoms with Crippen molar-refractivity contribution in [3.63, 3.8) is 0 Å². The second-order valence-corrected chi connectivity index (χ2v) is 9.68. The molecule has 7 nitrogen and oxygen atoms in total. The third-order valence-corrected chi connectivity index (χ3v) is 7.15. The molecule has 0 unspecified atom stereocenters. The molecule has 2 aliphatic rings. The van der Waals surface area contributed by atoms with E-state index in [1.165, 1.54) is 0 Å². The molecule has 2 atom stereocenters. The van der Waals surface area contributed by atoms with Crippen molar-refractivity contribution in [3.05, 3.63) is 99.2 Å². The lowest BCUT2D eigenvalue weighted by Crippen LogP contribution is -2.41. The molecule has 1 aliphatic carbocycles. The highest BCUT2D eigenvalue weighted by Crippen LogP contribution is 2.37. The average molecular weight is 471 g/mol. The van der Waals surface area contributed by atoms with Crippen LogP contribution in [0.25, 0.3) is 0 Å². The summed E-state index contributed by atoms with van der Waals surface area (Å²) in [6.07, 6.45) is 8.67. The monoisotopic (exact) mass is 470 g/mol. The summed E-state index contributed by atoms with van der Waals surface area (Å²) in [5.74, 6) is -0.210. The van der Waals surface area contributed by atoms with Gasteiger partial charge in [-0.15, -0.1) is 0 Å². The summed E-state index contributed by atoms with van der Waals surface area (Å²) in [6.45, 7) is 3.51. The second kappa shape index (κ2) is 9.86. The number of rotatable bonds is 7. The van der Waals surface area contributed by atoms with E-state index in [9.17, 15) is 14.4 Å². The largest absolute Gasteiger partial charge is 0.352 e. The van der Waals surface area contributed by atoms with Gasteiger partial charge in [-0.2, -0.15) is 0 Å². The molecule has 2 fully saturated rings. The van der Waals surface area contributed by atoms with Crippen LogP contribution in [0.3, 0.4) is 0 Å². The van der Waals surface area contributed by atoms with Crippen LogP contribution >= 0.6 is 0 Å². The van der Waals surface area contributed by atoms with Crippen LogP contribution in [0.15, 0.2) is 65.8 Å². The summed E-state index contributed by atoms with van der Waals surface area (Å²) in [4.78, 5) is 46.1. The minimum atomic E-state index is -0.506. The molecule has 0 radical (unpaired) electrons. The Morgan fingerprint density at radius 3 is 2.54 bits per heavy atom. The zero-order chi connectivity index (χ0) is 24.4. The van der Waals surface area contributed by atoms with E-state index in [1.54, 1.807) is 23.2 Å². The summed E-state index contributed by atoms with van der Waals surface area (Å²) in [5.41, 5.74) is 2.54. The molecule has 1 saturated carbocycles. The Balaban J connectivity index is 1.41. The number of nitrogens with zero attached hydrogens (tertiary/aromatic N) is 3. The van der Waals surface area contributed by atoms with E-state index in [0.29, 0.717) is 32.0 Å². The van der Waals surface area contributed by atoms with Gasteiger partial charge in [0.25, 0.3) is 11.8 Å². The molecular weight excluding hydrogens is 440 g/mol. The fraction of sp³-hybridized carbons (Fsp3) is 0.357.